The molecule has 0 aromatic carbocycles. The monoisotopic (exact) mass is 233 g/mol. The molecule has 0 unspecified atom stereocenters. The summed E-state index contributed by atoms with van der Waals surface area (Å²) in [6, 6.07) is 0. The Morgan fingerprint density at radius 3 is 2.14 bits per heavy atom. The Kier molecular flexibility index (Phi) is 2.81. The predicted molar refractivity (Wildman–Crippen MR) is 42.0 cm³/mol. The van der Waals surface area contributed by atoms with E-state index < -0.39 is 34.1 Å². The molecular weight excluding hydrogens is 223 g/mol. The molecule has 4 nitrogen and oxygen atoms in total. The third kappa shape index (κ3) is 2.37. The molecule has 0 bridgehead atoms. The molecule has 0 heterocycles. The standard InChI is InChI=1S/C6H10F3NO3S/c7-6(8,9)5(1-2-5)10-14(12,13)4-3-11/h10-11H,1-4H2. The zero-order chi connectivity index (χ0) is 11.0. The average Bonchev–Trinajstić information content (AvgIpc) is 2.65. The van der Waals surface area contributed by atoms with E-state index in [1.807, 2.05) is 0 Å². The molecule has 0 saturated heterocycles. The fraction of sp³-hybridized carbons (Fsp3) is 1.00. The molecule has 0 radical (unpaired) electrons. The Balaban J connectivity index is 2.70. The summed E-state index contributed by atoms with van der Waals surface area (Å²) in [5.74, 6) is -0.704. The van der Waals surface area contributed by atoms with Crippen molar-refractivity contribution in [2.75, 3.05) is 12.4 Å². The number of sulfonamides is 1. The lowest BCUT2D eigenvalue weighted by atomic mass is 10.3. The Labute approximate surface area is 79.2 Å². The summed E-state index contributed by atoms with van der Waals surface area (Å²) in [7, 11) is -4.03. The van der Waals surface area contributed by atoms with Crippen LogP contribution in [0, 0.1) is 0 Å². The first-order valence-electron chi connectivity index (χ1n) is 3.92. The van der Waals surface area contributed by atoms with Crippen molar-refractivity contribution in [3.63, 3.8) is 0 Å². The van der Waals surface area contributed by atoms with E-state index in [4.69, 9.17) is 5.11 Å². The van der Waals surface area contributed by atoms with Crippen molar-refractivity contribution in [3.05, 3.63) is 0 Å². The zero-order valence-electron chi connectivity index (χ0n) is 7.13. The number of aliphatic hydroxyl groups is 1. The quantitative estimate of drug-likeness (QED) is 0.718. The van der Waals surface area contributed by atoms with Gasteiger partial charge in [-0.25, -0.2) is 8.42 Å². The fourth-order valence-corrected chi connectivity index (χ4v) is 2.29. The maximum atomic E-state index is 12.3. The van der Waals surface area contributed by atoms with Gasteiger partial charge in [0.2, 0.25) is 10.0 Å². The lowest BCUT2D eigenvalue weighted by Crippen LogP contribution is -2.48. The Hall–Kier alpha value is -0.340. The summed E-state index contributed by atoms with van der Waals surface area (Å²) < 4.78 is 60.3. The minimum Gasteiger partial charge on any atom is -0.395 e. The van der Waals surface area contributed by atoms with Gasteiger partial charge in [0.05, 0.1) is 12.4 Å². The largest absolute Gasteiger partial charge is 0.407 e. The predicted octanol–water partition coefficient (Wildman–Crippen LogP) is -0.00700. The van der Waals surface area contributed by atoms with Gasteiger partial charge in [-0.1, -0.05) is 0 Å². The van der Waals surface area contributed by atoms with Crippen LogP contribution in [0.5, 0.6) is 0 Å². The number of alkyl halides is 3. The summed E-state index contributed by atoms with van der Waals surface area (Å²) in [6.45, 7) is -0.691. The number of aliphatic hydroxyl groups excluding tert-OH is 1. The normalized spacial score (nSPS) is 20.9. The molecule has 1 fully saturated rings. The lowest BCUT2D eigenvalue weighted by Gasteiger charge is -2.20. The van der Waals surface area contributed by atoms with Gasteiger partial charge >= 0.3 is 6.18 Å². The van der Waals surface area contributed by atoms with E-state index in [-0.39, 0.29) is 12.8 Å². The molecule has 1 aliphatic carbocycles. The van der Waals surface area contributed by atoms with Crippen LogP contribution < -0.4 is 4.72 Å². The van der Waals surface area contributed by atoms with E-state index in [1.165, 1.54) is 0 Å². The molecule has 0 aromatic heterocycles. The molecule has 14 heavy (non-hydrogen) atoms. The Morgan fingerprint density at radius 1 is 1.36 bits per heavy atom. The van der Waals surface area contributed by atoms with Crippen molar-refractivity contribution < 1.29 is 26.7 Å². The van der Waals surface area contributed by atoms with Gasteiger partial charge in [-0.2, -0.15) is 17.9 Å². The van der Waals surface area contributed by atoms with Crippen LogP contribution >= 0.6 is 0 Å². The Morgan fingerprint density at radius 2 is 1.86 bits per heavy atom. The maximum absolute atomic E-state index is 12.3. The molecule has 0 spiro atoms. The van der Waals surface area contributed by atoms with E-state index in [1.54, 1.807) is 4.72 Å². The van der Waals surface area contributed by atoms with Gasteiger partial charge in [-0.3, -0.25) is 0 Å². The van der Waals surface area contributed by atoms with E-state index in [0.29, 0.717) is 0 Å². The van der Waals surface area contributed by atoms with Crippen LogP contribution in [0.15, 0.2) is 0 Å². The second-order valence-electron chi connectivity index (χ2n) is 3.22. The molecule has 84 valence electrons. The van der Waals surface area contributed by atoms with Gasteiger partial charge in [0, 0.05) is 0 Å². The highest BCUT2D eigenvalue weighted by molar-refractivity contribution is 7.89. The van der Waals surface area contributed by atoms with Gasteiger partial charge in [-0.05, 0) is 12.8 Å². The molecule has 0 atom stereocenters. The van der Waals surface area contributed by atoms with Gasteiger partial charge in [0.15, 0.2) is 0 Å². The third-order valence-electron chi connectivity index (χ3n) is 2.00. The first-order valence-corrected chi connectivity index (χ1v) is 5.57. The van der Waals surface area contributed by atoms with Crippen molar-refractivity contribution >= 4 is 10.0 Å². The van der Waals surface area contributed by atoms with Crippen molar-refractivity contribution in [3.8, 4) is 0 Å². The van der Waals surface area contributed by atoms with Crippen molar-refractivity contribution in [1.29, 1.82) is 0 Å². The second-order valence-corrected chi connectivity index (χ2v) is 5.07. The minimum atomic E-state index is -4.56. The van der Waals surface area contributed by atoms with Gasteiger partial charge < -0.3 is 5.11 Å². The van der Waals surface area contributed by atoms with Crippen LogP contribution in [0.25, 0.3) is 0 Å². The molecule has 0 amide bonds. The average molecular weight is 233 g/mol. The second kappa shape index (κ2) is 3.35. The van der Waals surface area contributed by atoms with Crippen molar-refractivity contribution in [2.45, 2.75) is 24.6 Å². The van der Waals surface area contributed by atoms with Crippen LogP contribution in [-0.2, 0) is 10.0 Å². The summed E-state index contributed by atoms with van der Waals surface area (Å²) in [5.41, 5.74) is -2.28. The van der Waals surface area contributed by atoms with Crippen LogP contribution in [0.4, 0.5) is 13.2 Å². The highest BCUT2D eigenvalue weighted by atomic mass is 32.2. The lowest BCUT2D eigenvalue weighted by molar-refractivity contribution is -0.160. The van der Waals surface area contributed by atoms with Crippen LogP contribution in [-0.4, -0.2) is 37.6 Å². The van der Waals surface area contributed by atoms with E-state index >= 15 is 0 Å². The van der Waals surface area contributed by atoms with Crippen molar-refractivity contribution in [1.82, 2.24) is 4.72 Å². The molecule has 0 aromatic rings. The maximum Gasteiger partial charge on any atom is 0.407 e. The molecule has 1 rings (SSSR count). The SMILES string of the molecule is O=S(=O)(CCO)NC1(C(F)(F)F)CC1. The highest BCUT2D eigenvalue weighted by Gasteiger charge is 2.65. The van der Waals surface area contributed by atoms with Gasteiger partial charge in [0.25, 0.3) is 0 Å². The molecule has 1 saturated carbocycles. The van der Waals surface area contributed by atoms with E-state index in [0.717, 1.165) is 0 Å². The highest BCUT2D eigenvalue weighted by Crippen LogP contribution is 2.49. The summed E-state index contributed by atoms with van der Waals surface area (Å²) in [6.07, 6.45) is -5.03. The smallest absolute Gasteiger partial charge is 0.395 e. The molecule has 8 heteroatoms. The van der Waals surface area contributed by atoms with Crippen LogP contribution in [0.1, 0.15) is 12.8 Å². The Bertz CT molecular complexity index is 307. The fourth-order valence-electron chi connectivity index (χ4n) is 1.04. The minimum absolute atomic E-state index is 0.235. The van der Waals surface area contributed by atoms with Crippen LogP contribution in [0.3, 0.4) is 0 Å². The van der Waals surface area contributed by atoms with Crippen LogP contribution in [0.2, 0.25) is 0 Å². The summed E-state index contributed by atoms with van der Waals surface area (Å²) in [4.78, 5) is 0. The van der Waals surface area contributed by atoms with Gasteiger partial charge in [-0.15, -0.1) is 0 Å². The first kappa shape index (κ1) is 11.7. The zero-order valence-corrected chi connectivity index (χ0v) is 7.95. The number of hydrogen-bond donors (Lipinski definition) is 2. The number of nitrogens with one attached hydrogen (secondary N) is 1. The number of hydrogen-bond acceptors (Lipinski definition) is 3. The first-order chi connectivity index (χ1) is 6.22. The van der Waals surface area contributed by atoms with Crippen molar-refractivity contribution in [2.24, 2.45) is 0 Å². The van der Waals surface area contributed by atoms with E-state index in [9.17, 15) is 21.6 Å². The van der Waals surface area contributed by atoms with E-state index in [2.05, 4.69) is 0 Å². The number of halogens is 3. The molecule has 0 aliphatic heterocycles. The van der Waals surface area contributed by atoms with Gasteiger partial charge in [0.1, 0.15) is 5.54 Å². The molecule has 1 aliphatic rings. The summed E-state index contributed by atoms with van der Waals surface area (Å²) >= 11 is 0. The molecule has 2 N–H and O–H groups in total. The topological polar surface area (TPSA) is 66.4 Å². The molecular formula is C6H10F3NO3S. The number of rotatable bonds is 4. The summed E-state index contributed by atoms with van der Waals surface area (Å²) in [5, 5.41) is 8.32. The third-order valence-corrected chi connectivity index (χ3v) is 3.43.